The van der Waals surface area contributed by atoms with Gasteiger partial charge in [0.1, 0.15) is 5.56 Å². The molecule has 3 aromatic rings. The first-order valence-corrected chi connectivity index (χ1v) is 9.51. The molecule has 1 N–H and O–H groups in total. The Bertz CT molecular complexity index is 995. The van der Waals surface area contributed by atoms with Gasteiger partial charge in [0.2, 0.25) is 0 Å². The third-order valence-electron chi connectivity index (χ3n) is 4.22. The molecule has 0 fully saturated rings. The highest BCUT2D eigenvalue weighted by Gasteiger charge is 2.14. The van der Waals surface area contributed by atoms with Crippen molar-refractivity contribution < 1.29 is 4.79 Å². The predicted molar refractivity (Wildman–Crippen MR) is 107 cm³/mol. The highest BCUT2D eigenvalue weighted by molar-refractivity contribution is 7.98. The third kappa shape index (κ3) is 3.89. The number of nitrogens with zero attached hydrogens (tertiary/aromatic N) is 1. The number of hydrogen-bond acceptors (Lipinski definition) is 3. The fourth-order valence-corrected chi connectivity index (χ4v) is 3.30. The fourth-order valence-electron chi connectivity index (χ4n) is 2.74. The van der Waals surface area contributed by atoms with E-state index in [4.69, 9.17) is 0 Å². The highest BCUT2D eigenvalue weighted by atomic mass is 32.2. The Morgan fingerprint density at radius 3 is 2.54 bits per heavy atom. The van der Waals surface area contributed by atoms with Crippen LogP contribution in [0.4, 0.5) is 5.69 Å². The minimum absolute atomic E-state index is 0.136. The highest BCUT2D eigenvalue weighted by Crippen LogP contribution is 2.24. The van der Waals surface area contributed by atoms with Crippen molar-refractivity contribution in [3.05, 3.63) is 93.9 Å². The number of rotatable bonds is 5. The van der Waals surface area contributed by atoms with Gasteiger partial charge in [-0.3, -0.25) is 9.59 Å². The zero-order valence-electron chi connectivity index (χ0n) is 14.7. The molecule has 0 saturated heterocycles. The minimum Gasteiger partial charge on any atom is -0.321 e. The van der Waals surface area contributed by atoms with E-state index in [0.717, 1.165) is 16.0 Å². The summed E-state index contributed by atoms with van der Waals surface area (Å²) >= 11 is 1.55. The molecule has 4 nitrogen and oxygen atoms in total. The Morgan fingerprint density at radius 2 is 1.77 bits per heavy atom. The lowest BCUT2D eigenvalue weighted by molar-refractivity contribution is 0.102. The number of anilines is 1. The number of pyridine rings is 1. The van der Waals surface area contributed by atoms with E-state index < -0.39 is 5.91 Å². The fraction of sp³-hybridized carbons (Fsp3) is 0.143. The van der Waals surface area contributed by atoms with Crippen LogP contribution >= 0.6 is 11.8 Å². The number of benzene rings is 2. The molecule has 5 heteroatoms. The Balaban J connectivity index is 1.88. The summed E-state index contributed by atoms with van der Waals surface area (Å²) in [5.41, 5.74) is 2.72. The third-order valence-corrected chi connectivity index (χ3v) is 5.02. The first kappa shape index (κ1) is 18.0. The molecule has 0 radical (unpaired) electrons. The van der Waals surface area contributed by atoms with Gasteiger partial charge in [-0.25, -0.2) is 0 Å². The van der Waals surface area contributed by atoms with E-state index in [9.17, 15) is 9.59 Å². The van der Waals surface area contributed by atoms with Crippen LogP contribution in [0.15, 0.2) is 76.6 Å². The number of amides is 1. The van der Waals surface area contributed by atoms with Crippen LogP contribution in [0, 0.1) is 6.92 Å². The maximum atomic E-state index is 12.8. The molecule has 26 heavy (non-hydrogen) atoms. The van der Waals surface area contributed by atoms with Crippen LogP contribution in [0.2, 0.25) is 0 Å². The molecule has 0 aliphatic heterocycles. The molecule has 1 heterocycles. The van der Waals surface area contributed by atoms with Gasteiger partial charge in [0, 0.05) is 11.1 Å². The molecule has 0 saturated carbocycles. The van der Waals surface area contributed by atoms with E-state index in [-0.39, 0.29) is 11.1 Å². The van der Waals surface area contributed by atoms with Gasteiger partial charge in [-0.2, -0.15) is 0 Å². The second-order valence-corrected chi connectivity index (χ2v) is 6.78. The molecule has 2 aromatic carbocycles. The topological polar surface area (TPSA) is 51.1 Å². The largest absolute Gasteiger partial charge is 0.321 e. The van der Waals surface area contributed by atoms with Crippen molar-refractivity contribution in [1.82, 2.24) is 4.57 Å². The summed E-state index contributed by atoms with van der Waals surface area (Å²) in [5, 5.41) is 2.85. The molecule has 0 aliphatic rings. The summed E-state index contributed by atoms with van der Waals surface area (Å²) in [6, 6.07) is 18.7. The second-order valence-electron chi connectivity index (χ2n) is 5.94. The van der Waals surface area contributed by atoms with Crippen LogP contribution in [0.1, 0.15) is 21.5 Å². The summed E-state index contributed by atoms with van der Waals surface area (Å²) in [7, 11) is 0. The lowest BCUT2D eigenvalue weighted by Crippen LogP contribution is -2.29. The molecule has 0 bridgehead atoms. The molecular weight excluding hydrogens is 344 g/mol. The van der Waals surface area contributed by atoms with Crippen molar-refractivity contribution >= 4 is 23.4 Å². The Kier molecular flexibility index (Phi) is 5.58. The van der Waals surface area contributed by atoms with Gasteiger partial charge >= 0.3 is 0 Å². The number of nitrogens with one attached hydrogen (secondary N) is 1. The molecule has 0 spiro atoms. The average Bonchev–Trinajstić information content (AvgIpc) is 2.65. The van der Waals surface area contributed by atoms with E-state index in [0.29, 0.717) is 12.2 Å². The molecule has 3 rings (SSSR count). The standard InChI is InChI=1S/C21H20N2O2S/c1-15-8-3-4-9-16(15)14-23-13-7-10-17(21(23)25)20(24)22-18-11-5-6-12-19(18)26-2/h3-13H,14H2,1-2H3,(H,22,24). The first-order valence-electron chi connectivity index (χ1n) is 8.28. The number of para-hydroxylation sites is 1. The number of thioether (sulfide) groups is 1. The number of aromatic nitrogens is 1. The molecule has 132 valence electrons. The SMILES string of the molecule is CSc1ccccc1NC(=O)c1cccn(Cc2ccccc2C)c1=O. The lowest BCUT2D eigenvalue weighted by atomic mass is 10.1. The maximum absolute atomic E-state index is 12.8. The van der Waals surface area contributed by atoms with E-state index >= 15 is 0 Å². The van der Waals surface area contributed by atoms with Crippen LogP contribution in [-0.4, -0.2) is 16.7 Å². The molecule has 1 amide bonds. The Morgan fingerprint density at radius 1 is 1.04 bits per heavy atom. The van der Waals surface area contributed by atoms with Gasteiger partial charge in [0.15, 0.2) is 0 Å². The van der Waals surface area contributed by atoms with Crippen molar-refractivity contribution in [2.75, 3.05) is 11.6 Å². The molecule has 0 atom stereocenters. The average molecular weight is 364 g/mol. The summed E-state index contributed by atoms with van der Waals surface area (Å²) in [6.45, 7) is 2.45. The number of hydrogen-bond donors (Lipinski definition) is 1. The van der Waals surface area contributed by atoms with Gasteiger partial charge in [0.05, 0.1) is 12.2 Å². The summed E-state index contributed by atoms with van der Waals surface area (Å²) in [4.78, 5) is 26.4. The van der Waals surface area contributed by atoms with Crippen molar-refractivity contribution in [2.24, 2.45) is 0 Å². The van der Waals surface area contributed by atoms with Gasteiger partial charge in [-0.1, -0.05) is 36.4 Å². The zero-order chi connectivity index (χ0) is 18.5. The first-order chi connectivity index (χ1) is 12.6. The second kappa shape index (κ2) is 8.06. The predicted octanol–water partition coefficient (Wildman–Crippen LogP) is 4.18. The van der Waals surface area contributed by atoms with Crippen LogP contribution in [0.5, 0.6) is 0 Å². The Labute approximate surface area is 156 Å². The van der Waals surface area contributed by atoms with E-state index in [1.165, 1.54) is 0 Å². The van der Waals surface area contributed by atoms with Gasteiger partial charge in [0.25, 0.3) is 11.5 Å². The van der Waals surface area contributed by atoms with E-state index in [2.05, 4.69) is 5.32 Å². The number of carbonyl (C=O) groups excluding carboxylic acids is 1. The smallest absolute Gasteiger partial charge is 0.263 e. The van der Waals surface area contributed by atoms with Gasteiger partial charge in [-0.15, -0.1) is 11.8 Å². The normalized spacial score (nSPS) is 10.5. The van der Waals surface area contributed by atoms with Crippen LogP contribution in [0.3, 0.4) is 0 Å². The summed E-state index contributed by atoms with van der Waals surface area (Å²) in [5.74, 6) is -0.393. The molecule has 1 aromatic heterocycles. The number of aryl methyl sites for hydroxylation is 1. The summed E-state index contributed by atoms with van der Waals surface area (Å²) in [6.07, 6.45) is 3.66. The number of carbonyl (C=O) groups is 1. The molecule has 0 unspecified atom stereocenters. The Hall–Kier alpha value is -2.79. The van der Waals surface area contributed by atoms with Gasteiger partial charge < -0.3 is 9.88 Å². The van der Waals surface area contributed by atoms with Crippen molar-refractivity contribution in [2.45, 2.75) is 18.4 Å². The molecular formula is C21H20N2O2S. The maximum Gasteiger partial charge on any atom is 0.263 e. The van der Waals surface area contributed by atoms with E-state index in [1.807, 2.05) is 61.7 Å². The van der Waals surface area contributed by atoms with Gasteiger partial charge in [-0.05, 0) is 48.6 Å². The molecule has 0 aliphatic carbocycles. The monoisotopic (exact) mass is 364 g/mol. The van der Waals surface area contributed by atoms with Crippen molar-refractivity contribution in [1.29, 1.82) is 0 Å². The minimum atomic E-state index is -0.393. The lowest BCUT2D eigenvalue weighted by Gasteiger charge is -2.12. The quantitative estimate of drug-likeness (QED) is 0.691. The van der Waals surface area contributed by atoms with Crippen LogP contribution in [0.25, 0.3) is 0 Å². The zero-order valence-corrected chi connectivity index (χ0v) is 15.5. The van der Waals surface area contributed by atoms with Crippen molar-refractivity contribution in [3.63, 3.8) is 0 Å². The van der Waals surface area contributed by atoms with E-state index in [1.54, 1.807) is 34.7 Å². The van der Waals surface area contributed by atoms with Crippen LogP contribution in [-0.2, 0) is 6.54 Å². The van der Waals surface area contributed by atoms with Crippen LogP contribution < -0.4 is 10.9 Å². The summed E-state index contributed by atoms with van der Waals surface area (Å²) < 4.78 is 1.57. The van der Waals surface area contributed by atoms with Crippen molar-refractivity contribution in [3.8, 4) is 0 Å².